The summed E-state index contributed by atoms with van der Waals surface area (Å²) in [5, 5.41) is 7.32. The average molecular weight is 469 g/mol. The number of para-hydroxylation sites is 1. The predicted octanol–water partition coefficient (Wildman–Crippen LogP) is 4.18. The number of nitrogens with zero attached hydrogens (tertiary/aromatic N) is 3. The molecule has 2 aliphatic heterocycles. The predicted molar refractivity (Wildman–Crippen MR) is 135 cm³/mol. The molecule has 1 unspecified atom stereocenters. The van der Waals surface area contributed by atoms with Crippen LogP contribution in [0.2, 0.25) is 0 Å². The maximum atomic E-state index is 13.4. The van der Waals surface area contributed by atoms with Crippen molar-refractivity contribution in [2.45, 2.75) is 81.0 Å². The number of nitrogen functional groups attached to an aromatic ring is 1. The minimum absolute atomic E-state index is 0.0447. The molecule has 2 aromatic rings. The van der Waals surface area contributed by atoms with Crippen molar-refractivity contribution in [3.63, 3.8) is 0 Å². The number of hydrogen-bond donors (Lipinski definition) is 3. The van der Waals surface area contributed by atoms with E-state index in [1.165, 1.54) is 25.7 Å². The van der Waals surface area contributed by atoms with Gasteiger partial charge in [-0.1, -0.05) is 25.0 Å². The molecular formula is C25H36N6OS. The minimum atomic E-state index is -0.235. The Hall–Kier alpha value is -2.32. The van der Waals surface area contributed by atoms with Crippen molar-refractivity contribution in [1.29, 1.82) is 5.41 Å². The normalized spacial score (nSPS) is 23.5. The molecule has 7 nitrogen and oxygen atoms in total. The Morgan fingerprint density at radius 1 is 1.18 bits per heavy atom. The average Bonchev–Trinajstić information content (AvgIpc) is 3.26. The van der Waals surface area contributed by atoms with Crippen LogP contribution >= 0.6 is 11.8 Å². The Morgan fingerprint density at radius 3 is 2.64 bits per heavy atom. The van der Waals surface area contributed by atoms with E-state index >= 15 is 0 Å². The Kier molecular flexibility index (Phi) is 7.75. The van der Waals surface area contributed by atoms with E-state index in [9.17, 15) is 4.79 Å². The number of rotatable bonds is 9. The van der Waals surface area contributed by atoms with Gasteiger partial charge < -0.3 is 15.6 Å². The number of piperidine rings is 1. The van der Waals surface area contributed by atoms with Crippen molar-refractivity contribution < 1.29 is 4.79 Å². The lowest BCUT2D eigenvalue weighted by atomic mass is 9.97. The number of hydrogen-bond acceptors (Lipinski definition) is 5. The molecule has 33 heavy (non-hydrogen) atoms. The Morgan fingerprint density at radius 2 is 1.91 bits per heavy atom. The number of aromatic amines is 1. The van der Waals surface area contributed by atoms with E-state index in [2.05, 4.69) is 34.8 Å². The monoisotopic (exact) mass is 468 g/mol. The highest BCUT2D eigenvalue weighted by Gasteiger charge is 2.34. The van der Waals surface area contributed by atoms with E-state index < -0.39 is 0 Å². The molecule has 1 amide bonds. The molecule has 0 saturated carbocycles. The number of thioether (sulfide) groups is 1. The number of amidine groups is 1. The summed E-state index contributed by atoms with van der Waals surface area (Å²) in [6, 6.07) is 9.55. The van der Waals surface area contributed by atoms with Crippen molar-refractivity contribution in [3.8, 4) is 0 Å². The molecule has 3 heterocycles. The number of H-pyrrole nitrogens is 1. The highest BCUT2D eigenvalue weighted by atomic mass is 32.2. The van der Waals surface area contributed by atoms with Crippen molar-refractivity contribution in [3.05, 3.63) is 42.0 Å². The summed E-state index contributed by atoms with van der Waals surface area (Å²) in [6.45, 7) is 6.61. The minimum Gasteiger partial charge on any atom is -0.382 e. The number of nitrogens with two attached hydrogens (primary N) is 1. The summed E-state index contributed by atoms with van der Waals surface area (Å²) in [6.07, 6.45) is 9.33. The molecule has 4 rings (SSSR count). The van der Waals surface area contributed by atoms with E-state index in [1.54, 1.807) is 18.0 Å². The lowest BCUT2D eigenvalue weighted by Gasteiger charge is -2.39. The molecule has 1 saturated heterocycles. The van der Waals surface area contributed by atoms with Crippen LogP contribution in [-0.2, 0) is 11.2 Å². The fraction of sp³-hybridized carbons (Fsp3) is 0.560. The van der Waals surface area contributed by atoms with Gasteiger partial charge in [0.2, 0.25) is 5.91 Å². The SMILES string of the molecule is C[C@@H]1CCC[C@H](C)N1CCCCCN1C(=O)C(Cc2ncc(C(=N)N)[nH]2)Sc2ccccc21. The molecule has 1 aromatic heterocycles. The van der Waals surface area contributed by atoms with Gasteiger partial charge in [0.05, 0.1) is 17.1 Å². The highest BCUT2D eigenvalue weighted by Crippen LogP contribution is 2.40. The van der Waals surface area contributed by atoms with Crippen LogP contribution in [-0.4, -0.2) is 57.0 Å². The number of benzene rings is 1. The number of carbonyl (C=O) groups excluding carboxylic acids is 1. The first kappa shape index (κ1) is 23.8. The molecule has 1 aromatic carbocycles. The molecule has 0 aliphatic carbocycles. The van der Waals surface area contributed by atoms with Crippen LogP contribution < -0.4 is 10.6 Å². The molecular weight excluding hydrogens is 432 g/mol. The van der Waals surface area contributed by atoms with Crippen LogP contribution in [0.1, 0.15) is 63.9 Å². The number of amides is 1. The third-order valence-corrected chi connectivity index (χ3v) is 8.19. The van der Waals surface area contributed by atoms with Crippen LogP contribution in [0.5, 0.6) is 0 Å². The quantitative estimate of drug-likeness (QED) is 0.291. The summed E-state index contributed by atoms with van der Waals surface area (Å²) in [5.41, 5.74) is 7.06. The molecule has 178 valence electrons. The first-order valence-electron chi connectivity index (χ1n) is 12.1. The van der Waals surface area contributed by atoms with Gasteiger partial charge in [-0.2, -0.15) is 0 Å². The van der Waals surface area contributed by atoms with Crippen LogP contribution in [0, 0.1) is 5.41 Å². The second-order valence-corrected chi connectivity index (χ2v) is 10.6. The molecule has 1 fully saturated rings. The number of unbranched alkanes of at least 4 members (excludes halogenated alkanes) is 2. The van der Waals surface area contributed by atoms with E-state index in [1.807, 2.05) is 23.1 Å². The summed E-state index contributed by atoms with van der Waals surface area (Å²) >= 11 is 1.60. The number of likely N-dealkylation sites (tertiary alicyclic amines) is 1. The summed E-state index contributed by atoms with van der Waals surface area (Å²) in [7, 11) is 0. The number of aromatic nitrogens is 2. The van der Waals surface area contributed by atoms with Crippen molar-refractivity contribution in [2.24, 2.45) is 5.73 Å². The van der Waals surface area contributed by atoms with Gasteiger partial charge in [-0.25, -0.2) is 4.98 Å². The van der Waals surface area contributed by atoms with E-state index in [0.717, 1.165) is 36.5 Å². The van der Waals surface area contributed by atoms with E-state index in [-0.39, 0.29) is 17.0 Å². The number of anilines is 1. The number of nitrogens with one attached hydrogen (secondary N) is 2. The van der Waals surface area contributed by atoms with Gasteiger partial charge in [-0.3, -0.25) is 15.1 Å². The smallest absolute Gasteiger partial charge is 0.240 e. The summed E-state index contributed by atoms with van der Waals surface area (Å²) in [5.74, 6) is 0.782. The lowest BCUT2D eigenvalue weighted by molar-refractivity contribution is -0.118. The van der Waals surface area contributed by atoms with Crippen LogP contribution in [0.4, 0.5) is 5.69 Å². The van der Waals surface area contributed by atoms with Crippen LogP contribution in [0.25, 0.3) is 0 Å². The zero-order valence-corrected chi connectivity index (χ0v) is 20.5. The first-order valence-corrected chi connectivity index (χ1v) is 13.0. The van der Waals surface area contributed by atoms with Gasteiger partial charge in [0.1, 0.15) is 17.4 Å². The van der Waals surface area contributed by atoms with Crippen LogP contribution in [0.3, 0.4) is 0 Å². The number of carbonyl (C=O) groups is 1. The van der Waals surface area contributed by atoms with Crippen LogP contribution in [0.15, 0.2) is 35.4 Å². The van der Waals surface area contributed by atoms with Gasteiger partial charge in [-0.05, 0) is 58.2 Å². The zero-order chi connectivity index (χ0) is 23.4. The molecule has 0 radical (unpaired) electrons. The maximum absolute atomic E-state index is 13.4. The Labute approximate surface area is 201 Å². The highest BCUT2D eigenvalue weighted by molar-refractivity contribution is 8.01. The fourth-order valence-corrected chi connectivity index (χ4v) is 6.30. The molecule has 8 heteroatoms. The van der Waals surface area contributed by atoms with E-state index in [0.29, 0.717) is 30.0 Å². The third kappa shape index (κ3) is 5.61. The van der Waals surface area contributed by atoms with Crippen molar-refractivity contribution >= 4 is 29.2 Å². The van der Waals surface area contributed by atoms with Gasteiger partial charge >= 0.3 is 0 Å². The summed E-state index contributed by atoms with van der Waals surface area (Å²) in [4.78, 5) is 26.6. The molecule has 3 atom stereocenters. The topological polar surface area (TPSA) is 102 Å². The molecule has 0 spiro atoms. The van der Waals surface area contributed by atoms with Gasteiger partial charge in [0, 0.05) is 29.9 Å². The Balaban J connectivity index is 1.35. The zero-order valence-electron chi connectivity index (χ0n) is 19.7. The van der Waals surface area contributed by atoms with E-state index in [4.69, 9.17) is 11.1 Å². The van der Waals surface area contributed by atoms with Crippen molar-refractivity contribution in [2.75, 3.05) is 18.0 Å². The second-order valence-electron chi connectivity index (χ2n) is 9.35. The first-order chi connectivity index (χ1) is 15.9. The van der Waals surface area contributed by atoms with Crippen molar-refractivity contribution in [1.82, 2.24) is 14.9 Å². The fourth-order valence-electron chi connectivity index (χ4n) is 5.07. The van der Waals surface area contributed by atoms with Gasteiger partial charge in [-0.15, -0.1) is 11.8 Å². The maximum Gasteiger partial charge on any atom is 0.240 e. The Bertz CT molecular complexity index is 965. The number of imidazole rings is 1. The van der Waals surface area contributed by atoms with Gasteiger partial charge in [0.25, 0.3) is 0 Å². The molecule has 0 bridgehead atoms. The largest absolute Gasteiger partial charge is 0.382 e. The molecule has 2 aliphatic rings. The third-order valence-electron chi connectivity index (χ3n) is 6.94. The number of fused-ring (bicyclic) bond motifs is 1. The molecule has 4 N–H and O–H groups in total. The summed E-state index contributed by atoms with van der Waals surface area (Å²) < 4.78 is 0. The second kappa shape index (κ2) is 10.7. The standard InChI is InChI=1S/C25H36N6OS/c1-17-9-8-10-18(2)30(17)13-6-3-7-14-31-20-11-4-5-12-21(20)33-22(25(31)32)15-23-28-16-19(29-23)24(26)27/h4-5,11-12,16-18,22H,3,6-10,13-15H2,1-2H3,(H3,26,27)(H,28,29)/t17-,18+,22?. The lowest BCUT2D eigenvalue weighted by Crippen LogP contribution is -2.44. The van der Waals surface area contributed by atoms with Gasteiger partial charge in [0.15, 0.2) is 0 Å².